The minimum Gasteiger partial charge on any atom is -0.462 e. The molecule has 0 radical (unpaired) electrons. The first kappa shape index (κ1) is 55.9. The normalized spacial score (nSPS) is 12.7. The molecule has 0 heterocycles. The molecule has 338 valence electrons. The monoisotopic (exact) mass is 823 g/mol. The molecule has 0 saturated carbocycles. The second-order valence-electron chi connectivity index (χ2n) is 16.0. The summed E-state index contributed by atoms with van der Waals surface area (Å²) in [5.74, 6) is -0.932. The zero-order valence-electron chi connectivity index (χ0n) is 38.5. The molecule has 0 aliphatic heterocycles. The average molecular weight is 823 g/mol. The van der Waals surface area contributed by atoms with Crippen molar-refractivity contribution in [3.8, 4) is 0 Å². The third-order valence-corrected chi connectivity index (χ3v) is 10.2. The lowest BCUT2D eigenvalue weighted by atomic mass is 10.1. The van der Waals surface area contributed by atoms with E-state index < -0.39 is 6.10 Å². The molecule has 0 spiro atoms. The number of unbranched alkanes of at least 4 members (excludes halogenated alkanes) is 20. The Morgan fingerprint density at radius 2 is 0.661 bits per heavy atom. The zero-order chi connectivity index (χ0) is 43.0. The molecule has 6 nitrogen and oxygen atoms in total. The summed E-state index contributed by atoms with van der Waals surface area (Å²) in [5.41, 5.74) is 0. The van der Waals surface area contributed by atoms with Crippen molar-refractivity contribution in [1.82, 2.24) is 0 Å². The van der Waals surface area contributed by atoms with E-state index in [1.54, 1.807) is 0 Å². The minimum absolute atomic E-state index is 0.0887. The van der Waals surface area contributed by atoms with Crippen LogP contribution < -0.4 is 0 Å². The molecule has 0 aliphatic rings. The van der Waals surface area contributed by atoms with Crippen molar-refractivity contribution in [2.45, 2.75) is 232 Å². The number of hydrogen-bond acceptors (Lipinski definition) is 6. The quantitative estimate of drug-likeness (QED) is 0.0264. The molecule has 0 bridgehead atoms. The van der Waals surface area contributed by atoms with Crippen LogP contribution in [0.3, 0.4) is 0 Å². The summed E-state index contributed by atoms with van der Waals surface area (Å²) in [6, 6.07) is 0. The molecule has 0 amide bonds. The van der Waals surface area contributed by atoms with Gasteiger partial charge in [0.2, 0.25) is 0 Å². The molecule has 0 N–H and O–H groups in total. The van der Waals surface area contributed by atoms with Crippen molar-refractivity contribution in [2.75, 3.05) is 13.2 Å². The van der Waals surface area contributed by atoms with E-state index >= 15 is 0 Å². The van der Waals surface area contributed by atoms with Crippen LogP contribution in [0.5, 0.6) is 0 Å². The lowest BCUT2D eigenvalue weighted by Gasteiger charge is -2.18. The van der Waals surface area contributed by atoms with E-state index in [2.05, 4.69) is 93.7 Å². The van der Waals surface area contributed by atoms with Gasteiger partial charge in [0, 0.05) is 19.3 Å². The van der Waals surface area contributed by atoms with Crippen LogP contribution in [0.1, 0.15) is 226 Å². The highest BCUT2D eigenvalue weighted by atomic mass is 16.6. The van der Waals surface area contributed by atoms with Gasteiger partial charge in [-0.2, -0.15) is 0 Å². The van der Waals surface area contributed by atoms with Gasteiger partial charge in [-0.25, -0.2) is 0 Å². The van der Waals surface area contributed by atoms with E-state index in [1.165, 1.54) is 77.0 Å². The van der Waals surface area contributed by atoms with E-state index in [-0.39, 0.29) is 31.1 Å². The smallest absolute Gasteiger partial charge is 0.306 e. The van der Waals surface area contributed by atoms with Crippen LogP contribution in [-0.2, 0) is 28.6 Å². The predicted molar refractivity (Wildman–Crippen MR) is 251 cm³/mol. The third-order valence-electron chi connectivity index (χ3n) is 10.2. The maximum Gasteiger partial charge on any atom is 0.306 e. The van der Waals surface area contributed by atoms with Crippen LogP contribution >= 0.6 is 0 Å². The number of esters is 3. The minimum atomic E-state index is -0.787. The van der Waals surface area contributed by atoms with Gasteiger partial charge in [-0.05, 0) is 89.9 Å². The number of carbonyl (C=O) groups excluding carboxylic acids is 3. The van der Waals surface area contributed by atoms with Crippen molar-refractivity contribution in [1.29, 1.82) is 0 Å². The van der Waals surface area contributed by atoms with E-state index in [9.17, 15) is 14.4 Å². The Bertz CT molecular complexity index is 1130. The van der Waals surface area contributed by atoms with Crippen LogP contribution in [0.15, 0.2) is 72.9 Å². The summed E-state index contributed by atoms with van der Waals surface area (Å²) in [5, 5.41) is 0. The van der Waals surface area contributed by atoms with Crippen molar-refractivity contribution in [2.24, 2.45) is 0 Å². The largest absolute Gasteiger partial charge is 0.462 e. The highest BCUT2D eigenvalue weighted by Crippen LogP contribution is 2.13. The van der Waals surface area contributed by atoms with Crippen molar-refractivity contribution in [3.05, 3.63) is 72.9 Å². The lowest BCUT2D eigenvalue weighted by molar-refractivity contribution is -0.167. The molecule has 0 aliphatic carbocycles. The first-order chi connectivity index (χ1) is 29.0. The topological polar surface area (TPSA) is 78.9 Å². The van der Waals surface area contributed by atoms with E-state index in [1.807, 2.05) is 0 Å². The van der Waals surface area contributed by atoms with Crippen LogP contribution in [0.2, 0.25) is 0 Å². The van der Waals surface area contributed by atoms with Gasteiger partial charge >= 0.3 is 17.9 Å². The molecule has 6 heteroatoms. The van der Waals surface area contributed by atoms with Gasteiger partial charge in [-0.1, -0.05) is 190 Å². The first-order valence-electron chi connectivity index (χ1n) is 24.4. The van der Waals surface area contributed by atoms with Crippen LogP contribution in [-0.4, -0.2) is 37.2 Å². The SMILES string of the molecule is CC/C=C\C/C=C\C/C=C\C/C=C\CCCCCCC(=O)OC(COC(=O)CCCCCCCC)COC(=O)CCCCCCCCC/C=C\C/C=C\CCCCCC. The van der Waals surface area contributed by atoms with E-state index in [0.717, 1.165) is 109 Å². The van der Waals surface area contributed by atoms with Gasteiger partial charge < -0.3 is 14.2 Å². The molecule has 59 heavy (non-hydrogen) atoms. The highest BCUT2D eigenvalue weighted by Gasteiger charge is 2.19. The number of rotatable bonds is 43. The second-order valence-corrected chi connectivity index (χ2v) is 16.0. The van der Waals surface area contributed by atoms with Gasteiger partial charge in [0.15, 0.2) is 6.10 Å². The van der Waals surface area contributed by atoms with Crippen molar-refractivity contribution in [3.63, 3.8) is 0 Å². The Morgan fingerprint density at radius 3 is 1.05 bits per heavy atom. The van der Waals surface area contributed by atoms with Gasteiger partial charge in [0.25, 0.3) is 0 Å². The maximum atomic E-state index is 12.7. The first-order valence-corrected chi connectivity index (χ1v) is 24.4. The predicted octanol–water partition coefficient (Wildman–Crippen LogP) is 15.9. The summed E-state index contributed by atoms with van der Waals surface area (Å²) < 4.78 is 16.7. The molecular formula is C53H90O6. The van der Waals surface area contributed by atoms with E-state index in [0.29, 0.717) is 19.3 Å². The number of hydrogen-bond donors (Lipinski definition) is 0. The zero-order valence-corrected chi connectivity index (χ0v) is 38.5. The summed E-state index contributed by atoms with van der Waals surface area (Å²) in [4.78, 5) is 37.7. The molecule has 0 aromatic heterocycles. The van der Waals surface area contributed by atoms with E-state index in [4.69, 9.17) is 14.2 Å². The van der Waals surface area contributed by atoms with Crippen molar-refractivity contribution < 1.29 is 28.6 Å². The summed E-state index contributed by atoms with van der Waals surface area (Å²) in [6.45, 7) is 6.41. The number of carbonyl (C=O) groups is 3. The third kappa shape index (κ3) is 45.8. The summed E-state index contributed by atoms with van der Waals surface area (Å²) in [7, 11) is 0. The molecule has 1 atom stereocenters. The molecule has 0 saturated heterocycles. The molecule has 0 rings (SSSR count). The lowest BCUT2D eigenvalue weighted by Crippen LogP contribution is -2.30. The molecular weight excluding hydrogens is 733 g/mol. The molecule has 0 aromatic rings. The molecule has 0 fully saturated rings. The Balaban J connectivity index is 4.30. The Hall–Kier alpha value is -3.15. The number of ether oxygens (including phenoxy) is 3. The standard InChI is InChI=1S/C53H90O6/c1-4-7-10-13-16-18-20-22-24-26-28-29-31-33-35-37-40-43-46-52(55)58-49-50(48-57-51(54)45-42-39-15-12-9-6-3)59-53(56)47-44-41-38-36-34-32-30-27-25-23-21-19-17-14-11-8-5-2/h8,11,17-20,23-26,30,32,50H,4-7,9-10,12-16,21-22,27-29,31,33-49H2,1-3H3/b11-8-,19-17-,20-18-,25-23-,26-24-,32-30-. The van der Waals surface area contributed by atoms with Crippen molar-refractivity contribution >= 4 is 17.9 Å². The second kappa shape index (κ2) is 47.5. The Labute approximate surface area is 363 Å². The molecule has 1 unspecified atom stereocenters. The van der Waals surface area contributed by atoms with Crippen LogP contribution in [0.4, 0.5) is 0 Å². The maximum absolute atomic E-state index is 12.7. The fourth-order valence-corrected chi connectivity index (χ4v) is 6.52. The van der Waals surface area contributed by atoms with Gasteiger partial charge in [0.05, 0.1) is 0 Å². The van der Waals surface area contributed by atoms with Gasteiger partial charge in [-0.3, -0.25) is 14.4 Å². The fraction of sp³-hybridized carbons (Fsp3) is 0.717. The Morgan fingerprint density at radius 1 is 0.356 bits per heavy atom. The summed E-state index contributed by atoms with van der Waals surface area (Å²) in [6.07, 6.45) is 59.0. The average Bonchev–Trinajstić information content (AvgIpc) is 3.23. The summed E-state index contributed by atoms with van der Waals surface area (Å²) >= 11 is 0. The number of allylic oxidation sites excluding steroid dienone is 12. The van der Waals surface area contributed by atoms with Crippen LogP contribution in [0, 0.1) is 0 Å². The van der Waals surface area contributed by atoms with Gasteiger partial charge in [-0.15, -0.1) is 0 Å². The molecule has 0 aromatic carbocycles. The highest BCUT2D eigenvalue weighted by molar-refractivity contribution is 5.71. The fourth-order valence-electron chi connectivity index (χ4n) is 6.52. The Kier molecular flexibility index (Phi) is 45.0. The van der Waals surface area contributed by atoms with Crippen LogP contribution in [0.25, 0.3) is 0 Å². The van der Waals surface area contributed by atoms with Gasteiger partial charge in [0.1, 0.15) is 13.2 Å².